The Balaban J connectivity index is 2.25. The predicted molar refractivity (Wildman–Crippen MR) is 77.6 cm³/mol. The third-order valence-corrected chi connectivity index (χ3v) is 4.77. The maximum absolute atomic E-state index is 5.94. The molecule has 2 heterocycles. The number of nitrogens with zero attached hydrogens (tertiary/aromatic N) is 2. The third-order valence-electron chi connectivity index (χ3n) is 2.45. The second-order valence-corrected chi connectivity index (χ2v) is 6.39. The molecule has 0 unspecified atom stereocenters. The van der Waals surface area contributed by atoms with Crippen molar-refractivity contribution in [1.82, 2.24) is 9.36 Å². The summed E-state index contributed by atoms with van der Waals surface area (Å²) in [4.78, 5) is 4.61. The Labute approximate surface area is 115 Å². The molecular weight excluding hydrogens is 318 g/mol. The molecule has 17 heavy (non-hydrogen) atoms. The van der Waals surface area contributed by atoms with Crippen molar-refractivity contribution in [3.63, 3.8) is 0 Å². The highest BCUT2D eigenvalue weighted by atomic mass is 79.9. The van der Waals surface area contributed by atoms with E-state index in [1.807, 2.05) is 19.1 Å². The average molecular weight is 326 g/mol. The molecule has 0 aliphatic carbocycles. The molecule has 3 rings (SSSR count). The zero-order valence-corrected chi connectivity index (χ0v) is 12.1. The zero-order valence-electron chi connectivity index (χ0n) is 8.90. The van der Waals surface area contributed by atoms with Crippen molar-refractivity contribution in [3.8, 4) is 10.6 Å². The predicted octanol–water partition coefficient (Wildman–Crippen LogP) is 4.07. The maximum Gasteiger partial charge on any atom is 0.129 e. The van der Waals surface area contributed by atoms with E-state index in [1.54, 1.807) is 11.3 Å². The van der Waals surface area contributed by atoms with Gasteiger partial charge in [-0.05, 0) is 36.7 Å². The van der Waals surface area contributed by atoms with Crippen molar-refractivity contribution in [3.05, 3.63) is 28.4 Å². The molecule has 0 saturated heterocycles. The number of anilines is 1. The molecule has 0 spiro atoms. The van der Waals surface area contributed by atoms with Crippen molar-refractivity contribution < 1.29 is 0 Å². The molecule has 0 saturated carbocycles. The normalized spacial score (nSPS) is 11.2. The van der Waals surface area contributed by atoms with E-state index in [4.69, 9.17) is 5.73 Å². The summed E-state index contributed by atoms with van der Waals surface area (Å²) in [6.45, 7) is 1.96. The molecule has 0 aliphatic heterocycles. The summed E-state index contributed by atoms with van der Waals surface area (Å²) in [5.74, 6) is 0. The Morgan fingerprint density at radius 1 is 1.35 bits per heavy atom. The minimum absolute atomic E-state index is 0.737. The van der Waals surface area contributed by atoms with Gasteiger partial charge in [-0.25, -0.2) is 4.98 Å². The Morgan fingerprint density at radius 2 is 2.18 bits per heavy atom. The second-order valence-electron chi connectivity index (χ2n) is 3.64. The number of thiazole rings is 1. The van der Waals surface area contributed by atoms with E-state index < -0.39 is 0 Å². The van der Waals surface area contributed by atoms with Gasteiger partial charge in [-0.1, -0.05) is 15.9 Å². The zero-order chi connectivity index (χ0) is 12.0. The monoisotopic (exact) mass is 325 g/mol. The molecule has 6 heteroatoms. The first-order chi connectivity index (χ1) is 8.15. The molecule has 2 N–H and O–H groups in total. The Bertz CT molecular complexity index is 682. The standard InChI is InChI=1S/C11H8BrN3S2/c1-5-9(10(13)17-15-5)11-14-7-4-6(12)2-3-8(7)16-11/h2-4H,13H2,1H3. The van der Waals surface area contributed by atoms with Gasteiger partial charge in [0.1, 0.15) is 10.0 Å². The van der Waals surface area contributed by atoms with Gasteiger partial charge in [0.15, 0.2) is 0 Å². The first kappa shape index (κ1) is 11.1. The summed E-state index contributed by atoms with van der Waals surface area (Å²) in [6.07, 6.45) is 0. The summed E-state index contributed by atoms with van der Waals surface area (Å²) < 4.78 is 6.45. The highest BCUT2D eigenvalue weighted by Gasteiger charge is 2.14. The molecule has 3 aromatic rings. The first-order valence-corrected chi connectivity index (χ1v) is 7.31. The van der Waals surface area contributed by atoms with Gasteiger partial charge >= 0.3 is 0 Å². The lowest BCUT2D eigenvalue weighted by Crippen LogP contribution is -1.84. The van der Waals surface area contributed by atoms with Gasteiger partial charge in [0.25, 0.3) is 0 Å². The smallest absolute Gasteiger partial charge is 0.129 e. The van der Waals surface area contributed by atoms with Gasteiger partial charge in [-0.3, -0.25) is 0 Å². The SMILES string of the molecule is Cc1nsc(N)c1-c1nc2cc(Br)ccc2s1. The fourth-order valence-electron chi connectivity index (χ4n) is 1.65. The van der Waals surface area contributed by atoms with E-state index in [0.29, 0.717) is 0 Å². The Morgan fingerprint density at radius 3 is 2.88 bits per heavy atom. The van der Waals surface area contributed by atoms with E-state index in [1.165, 1.54) is 11.5 Å². The number of aromatic nitrogens is 2. The van der Waals surface area contributed by atoms with Crippen LogP contribution in [0.3, 0.4) is 0 Å². The highest BCUT2D eigenvalue weighted by molar-refractivity contribution is 9.10. The highest BCUT2D eigenvalue weighted by Crippen LogP contribution is 2.37. The number of fused-ring (bicyclic) bond motifs is 1. The number of hydrogen-bond acceptors (Lipinski definition) is 5. The molecule has 0 radical (unpaired) electrons. The average Bonchev–Trinajstić information content (AvgIpc) is 2.81. The van der Waals surface area contributed by atoms with Crippen molar-refractivity contribution in [2.24, 2.45) is 0 Å². The van der Waals surface area contributed by atoms with Gasteiger partial charge in [-0.15, -0.1) is 11.3 Å². The largest absolute Gasteiger partial charge is 0.389 e. The minimum Gasteiger partial charge on any atom is -0.389 e. The summed E-state index contributed by atoms with van der Waals surface area (Å²) >= 11 is 6.42. The Hall–Kier alpha value is -0.980. The van der Waals surface area contributed by atoms with Crippen LogP contribution in [0.25, 0.3) is 20.8 Å². The molecule has 0 atom stereocenters. The van der Waals surface area contributed by atoms with Crippen LogP contribution in [0, 0.1) is 6.92 Å². The summed E-state index contributed by atoms with van der Waals surface area (Å²) in [6, 6.07) is 6.10. The molecule has 0 fully saturated rings. The van der Waals surface area contributed by atoms with E-state index >= 15 is 0 Å². The van der Waals surface area contributed by atoms with Crippen LogP contribution in [-0.2, 0) is 0 Å². The van der Waals surface area contributed by atoms with Gasteiger partial charge < -0.3 is 5.73 Å². The number of aryl methyl sites for hydroxylation is 1. The summed E-state index contributed by atoms with van der Waals surface area (Å²) in [5.41, 5.74) is 8.86. The molecule has 0 bridgehead atoms. The van der Waals surface area contributed by atoms with Gasteiger partial charge in [-0.2, -0.15) is 4.37 Å². The first-order valence-electron chi connectivity index (χ1n) is 4.93. The fraction of sp³-hybridized carbons (Fsp3) is 0.0909. The van der Waals surface area contributed by atoms with Crippen LogP contribution in [0.2, 0.25) is 0 Å². The lowest BCUT2D eigenvalue weighted by molar-refractivity contribution is 1.33. The molecule has 1 aromatic carbocycles. The molecule has 0 aliphatic rings. The molecule has 0 amide bonds. The van der Waals surface area contributed by atoms with Crippen LogP contribution in [0.1, 0.15) is 5.69 Å². The van der Waals surface area contributed by atoms with E-state index in [0.717, 1.165) is 36.0 Å². The minimum atomic E-state index is 0.737. The lowest BCUT2D eigenvalue weighted by atomic mass is 10.2. The van der Waals surface area contributed by atoms with Crippen LogP contribution in [0.15, 0.2) is 22.7 Å². The molecule has 3 nitrogen and oxygen atoms in total. The van der Waals surface area contributed by atoms with Gasteiger partial charge in [0.2, 0.25) is 0 Å². The molecule has 2 aromatic heterocycles. The quantitative estimate of drug-likeness (QED) is 0.733. The van der Waals surface area contributed by atoms with E-state index in [2.05, 4.69) is 31.4 Å². The van der Waals surface area contributed by atoms with E-state index in [-0.39, 0.29) is 0 Å². The lowest BCUT2D eigenvalue weighted by Gasteiger charge is -1.93. The van der Waals surface area contributed by atoms with Crippen LogP contribution in [0.4, 0.5) is 5.00 Å². The summed E-state index contributed by atoms with van der Waals surface area (Å²) in [7, 11) is 0. The summed E-state index contributed by atoms with van der Waals surface area (Å²) in [5, 5.41) is 1.68. The maximum atomic E-state index is 5.94. The van der Waals surface area contributed by atoms with Crippen LogP contribution < -0.4 is 5.73 Å². The van der Waals surface area contributed by atoms with Crippen molar-refractivity contribution in [1.29, 1.82) is 0 Å². The van der Waals surface area contributed by atoms with Gasteiger partial charge in [0.05, 0.1) is 21.5 Å². The molecular formula is C11H8BrN3S2. The third kappa shape index (κ3) is 1.86. The second kappa shape index (κ2) is 4.04. The molecule has 86 valence electrons. The topological polar surface area (TPSA) is 51.8 Å². The van der Waals surface area contributed by atoms with Gasteiger partial charge in [0, 0.05) is 4.47 Å². The van der Waals surface area contributed by atoms with Crippen LogP contribution in [0.5, 0.6) is 0 Å². The number of benzene rings is 1. The van der Waals surface area contributed by atoms with Crippen molar-refractivity contribution >= 4 is 54.0 Å². The number of hydrogen-bond donors (Lipinski definition) is 1. The number of halogens is 1. The van der Waals surface area contributed by atoms with Crippen LogP contribution in [-0.4, -0.2) is 9.36 Å². The Kier molecular flexibility index (Phi) is 2.65. The number of nitrogen functional groups attached to an aromatic ring is 1. The van der Waals surface area contributed by atoms with Crippen LogP contribution >= 0.6 is 38.8 Å². The van der Waals surface area contributed by atoms with E-state index in [9.17, 15) is 0 Å². The number of nitrogens with two attached hydrogens (primary N) is 1. The fourth-order valence-corrected chi connectivity index (χ4v) is 3.79. The van der Waals surface area contributed by atoms with Crippen molar-refractivity contribution in [2.75, 3.05) is 5.73 Å². The van der Waals surface area contributed by atoms with Crippen molar-refractivity contribution in [2.45, 2.75) is 6.92 Å². The number of rotatable bonds is 1.